The summed E-state index contributed by atoms with van der Waals surface area (Å²) in [5.74, 6) is 1.84. The summed E-state index contributed by atoms with van der Waals surface area (Å²) in [7, 11) is 0. The van der Waals surface area contributed by atoms with Crippen LogP contribution in [0, 0.1) is 6.57 Å². The van der Waals surface area contributed by atoms with Crippen molar-refractivity contribution >= 4 is 16.5 Å². The van der Waals surface area contributed by atoms with E-state index < -0.39 is 0 Å². The molecule has 2 aromatic heterocycles. The maximum absolute atomic E-state index is 7.94. The van der Waals surface area contributed by atoms with Crippen molar-refractivity contribution in [3.05, 3.63) is 174 Å². The summed E-state index contributed by atoms with van der Waals surface area (Å²) in [6.45, 7) is 12.5. The van der Waals surface area contributed by atoms with Crippen LogP contribution in [0.3, 0.4) is 0 Å². The highest BCUT2D eigenvalue weighted by atomic mass is 15.0. The number of benzene rings is 6. The van der Waals surface area contributed by atoms with Crippen LogP contribution in [0.1, 0.15) is 25.0 Å². The van der Waals surface area contributed by atoms with E-state index in [1.807, 2.05) is 85.1 Å². The molecule has 5 heteroatoms. The lowest BCUT2D eigenvalue weighted by atomic mass is 9.79. The normalized spacial score (nSPS) is 12.6. The first-order valence-corrected chi connectivity index (χ1v) is 17.0. The van der Waals surface area contributed by atoms with Crippen LogP contribution in [0.25, 0.3) is 83.2 Å². The van der Waals surface area contributed by atoms with Crippen LogP contribution in [0.4, 0.5) is 5.69 Å². The van der Waals surface area contributed by atoms with Crippen LogP contribution in [-0.2, 0) is 5.41 Å². The Balaban J connectivity index is 1.24. The number of rotatable bonds is 5. The lowest BCUT2D eigenvalue weighted by Gasteiger charge is -2.24. The van der Waals surface area contributed by atoms with Gasteiger partial charge < -0.3 is 0 Å². The molecule has 0 bridgehead atoms. The summed E-state index contributed by atoms with van der Waals surface area (Å²) in [6, 6.07) is 47.8. The molecule has 1 aliphatic rings. The van der Waals surface area contributed by atoms with E-state index in [1.54, 1.807) is 6.20 Å². The second-order valence-electron chi connectivity index (χ2n) is 13.4. The monoisotopic (exact) mass is 653 g/mol. The van der Waals surface area contributed by atoms with Gasteiger partial charge in [-0.1, -0.05) is 123 Å². The number of hydrogen-bond donors (Lipinski definition) is 0. The Bertz CT molecular complexity index is 2600. The van der Waals surface area contributed by atoms with Gasteiger partial charge in [0, 0.05) is 40.1 Å². The van der Waals surface area contributed by atoms with Crippen molar-refractivity contribution in [2.75, 3.05) is 0 Å². The summed E-state index contributed by atoms with van der Waals surface area (Å²) in [5.41, 5.74) is 12.2. The first-order valence-electron chi connectivity index (χ1n) is 17.0. The van der Waals surface area contributed by atoms with Crippen molar-refractivity contribution in [2.45, 2.75) is 19.3 Å². The Hall–Kier alpha value is -6.77. The van der Waals surface area contributed by atoms with E-state index >= 15 is 0 Å². The van der Waals surface area contributed by atoms with E-state index in [4.69, 9.17) is 21.5 Å². The van der Waals surface area contributed by atoms with Crippen LogP contribution < -0.4 is 0 Å². The molecule has 5 nitrogen and oxygen atoms in total. The van der Waals surface area contributed by atoms with Gasteiger partial charge in [0.25, 0.3) is 0 Å². The first kappa shape index (κ1) is 30.3. The van der Waals surface area contributed by atoms with Gasteiger partial charge in [0.1, 0.15) is 0 Å². The molecule has 0 fully saturated rings. The zero-order valence-corrected chi connectivity index (χ0v) is 28.2. The van der Waals surface area contributed by atoms with E-state index in [0.717, 1.165) is 49.7 Å². The highest BCUT2D eigenvalue weighted by molar-refractivity contribution is 6.04. The van der Waals surface area contributed by atoms with Crippen LogP contribution >= 0.6 is 0 Å². The number of nitrogens with zero attached hydrogens (tertiary/aromatic N) is 5. The van der Waals surface area contributed by atoms with Gasteiger partial charge in [-0.05, 0) is 80.0 Å². The summed E-state index contributed by atoms with van der Waals surface area (Å²) in [6.07, 6.45) is 3.69. The highest BCUT2D eigenvalue weighted by Gasteiger charge is 2.37. The number of pyridine rings is 1. The minimum absolute atomic E-state index is 0.311. The maximum Gasteiger partial charge on any atom is 0.195 e. The van der Waals surface area contributed by atoms with Gasteiger partial charge in [0.15, 0.2) is 23.2 Å². The summed E-state index contributed by atoms with van der Waals surface area (Å²) in [5, 5.41) is 2.14. The second kappa shape index (κ2) is 12.0. The van der Waals surface area contributed by atoms with E-state index in [2.05, 4.69) is 84.3 Å². The molecule has 0 unspecified atom stereocenters. The second-order valence-corrected chi connectivity index (χ2v) is 13.4. The molecule has 9 rings (SSSR count). The third kappa shape index (κ3) is 5.17. The van der Waals surface area contributed by atoms with Crippen LogP contribution in [0.15, 0.2) is 152 Å². The fraction of sp³-hybridized carbons (Fsp3) is 0.0652. The SMILES string of the molecule is [C-]#[N+]c1cccc2ccc3c(c12)C(C)(C)c1cc(-c2cc(-c4cccnc4)cc(-c4nc(-c5ccccc5)nc(-c5ccccc5)n4)c2)ccc1-3. The fourth-order valence-electron chi connectivity index (χ4n) is 7.50. The van der Waals surface area contributed by atoms with E-state index in [1.165, 1.54) is 22.3 Å². The van der Waals surface area contributed by atoms with Gasteiger partial charge in [0.2, 0.25) is 0 Å². The predicted octanol–water partition coefficient (Wildman–Crippen LogP) is 11.6. The minimum Gasteiger partial charge on any atom is -0.264 e. The number of fused-ring (bicyclic) bond motifs is 5. The van der Waals surface area contributed by atoms with Crippen molar-refractivity contribution in [1.29, 1.82) is 0 Å². The molecule has 0 N–H and O–H groups in total. The average Bonchev–Trinajstić information content (AvgIpc) is 3.43. The Morgan fingerprint density at radius 1 is 0.510 bits per heavy atom. The number of hydrogen-bond acceptors (Lipinski definition) is 4. The maximum atomic E-state index is 7.94. The van der Waals surface area contributed by atoms with E-state index in [9.17, 15) is 0 Å². The molecule has 0 amide bonds. The molecule has 0 radical (unpaired) electrons. The molecule has 2 heterocycles. The van der Waals surface area contributed by atoms with E-state index in [0.29, 0.717) is 23.2 Å². The Kier molecular flexibility index (Phi) is 7.12. The molecular weight excluding hydrogens is 623 g/mol. The lowest BCUT2D eigenvalue weighted by Crippen LogP contribution is -2.15. The summed E-state index contributed by atoms with van der Waals surface area (Å²) in [4.78, 5) is 23.4. The van der Waals surface area contributed by atoms with Crippen LogP contribution in [0.2, 0.25) is 0 Å². The average molecular weight is 654 g/mol. The highest BCUT2D eigenvalue weighted by Crippen LogP contribution is 2.53. The largest absolute Gasteiger partial charge is 0.264 e. The smallest absolute Gasteiger partial charge is 0.195 e. The molecule has 0 aliphatic heterocycles. The quantitative estimate of drug-likeness (QED) is 0.173. The Morgan fingerprint density at radius 3 is 1.76 bits per heavy atom. The fourth-order valence-corrected chi connectivity index (χ4v) is 7.50. The molecule has 0 saturated carbocycles. The van der Waals surface area contributed by atoms with Gasteiger partial charge >= 0.3 is 0 Å². The van der Waals surface area contributed by atoms with Crippen molar-refractivity contribution in [3.8, 4) is 67.5 Å². The zero-order valence-electron chi connectivity index (χ0n) is 28.2. The molecule has 0 spiro atoms. The van der Waals surface area contributed by atoms with Crippen molar-refractivity contribution in [2.24, 2.45) is 0 Å². The zero-order chi connectivity index (χ0) is 34.5. The van der Waals surface area contributed by atoms with Crippen molar-refractivity contribution in [3.63, 3.8) is 0 Å². The summed E-state index contributed by atoms with van der Waals surface area (Å²) >= 11 is 0. The van der Waals surface area contributed by atoms with Gasteiger partial charge in [-0.25, -0.2) is 19.8 Å². The van der Waals surface area contributed by atoms with Gasteiger partial charge in [-0.3, -0.25) is 4.98 Å². The van der Waals surface area contributed by atoms with Gasteiger partial charge in [-0.2, -0.15) is 0 Å². The minimum atomic E-state index is -0.311. The predicted molar refractivity (Wildman–Crippen MR) is 206 cm³/mol. The Labute approximate surface area is 296 Å². The van der Waals surface area contributed by atoms with Gasteiger partial charge in [-0.15, -0.1) is 0 Å². The molecule has 51 heavy (non-hydrogen) atoms. The van der Waals surface area contributed by atoms with Crippen molar-refractivity contribution in [1.82, 2.24) is 19.9 Å². The topological polar surface area (TPSA) is 55.9 Å². The van der Waals surface area contributed by atoms with Gasteiger partial charge in [0.05, 0.1) is 6.57 Å². The third-order valence-electron chi connectivity index (χ3n) is 9.97. The van der Waals surface area contributed by atoms with Crippen molar-refractivity contribution < 1.29 is 0 Å². The molecule has 1 aliphatic carbocycles. The lowest BCUT2D eigenvalue weighted by molar-refractivity contribution is 0.666. The van der Waals surface area contributed by atoms with Crippen LogP contribution in [-0.4, -0.2) is 19.9 Å². The molecular formula is C46H31N5. The number of aromatic nitrogens is 4. The van der Waals surface area contributed by atoms with E-state index in [-0.39, 0.29) is 5.41 Å². The van der Waals surface area contributed by atoms with Crippen LogP contribution in [0.5, 0.6) is 0 Å². The molecule has 240 valence electrons. The standard InChI is InChI=1S/C46H31N5/c1-46(2)39-27-32(20-21-37(39)38-22-19-29-16-10-18-40(47-3)41(29)42(38)46)34-24-35(33-17-11-23-48-28-33)26-36(25-34)45-50-43(30-12-6-4-7-13-30)49-44(51-45)31-14-8-5-9-15-31/h4-28H,1-2H3. The molecule has 8 aromatic rings. The Morgan fingerprint density at radius 2 is 1.12 bits per heavy atom. The molecule has 6 aromatic carbocycles. The molecule has 0 atom stereocenters. The third-order valence-corrected chi connectivity index (χ3v) is 9.97. The summed E-state index contributed by atoms with van der Waals surface area (Å²) < 4.78 is 0. The first-order chi connectivity index (χ1) is 25.0. The molecule has 0 saturated heterocycles.